The summed E-state index contributed by atoms with van der Waals surface area (Å²) in [5, 5.41) is 1.20. The van der Waals surface area contributed by atoms with Gasteiger partial charge in [-0.15, -0.1) is 0 Å². The van der Waals surface area contributed by atoms with Gasteiger partial charge in [0.25, 0.3) is 0 Å². The quantitative estimate of drug-likeness (QED) is 0.238. The number of benzene rings is 2. The maximum absolute atomic E-state index is 6.28. The zero-order valence-electron chi connectivity index (χ0n) is 17.2. The molecule has 0 spiro atoms. The first-order valence-corrected chi connectivity index (χ1v) is 10.3. The molecule has 4 rings (SSSR count). The highest BCUT2D eigenvalue weighted by Gasteiger charge is 2.13. The van der Waals surface area contributed by atoms with E-state index in [0.717, 1.165) is 53.1 Å². The van der Waals surface area contributed by atoms with E-state index in [9.17, 15) is 0 Å². The Morgan fingerprint density at radius 3 is 2.50 bits per heavy atom. The average molecular weight is 418 g/mol. The van der Waals surface area contributed by atoms with Crippen LogP contribution in [0.3, 0.4) is 0 Å². The molecular formula is C24H24ClN5. The number of hydrogen-bond acceptors (Lipinski definition) is 4. The van der Waals surface area contributed by atoms with E-state index >= 15 is 0 Å². The van der Waals surface area contributed by atoms with E-state index < -0.39 is 0 Å². The van der Waals surface area contributed by atoms with Crippen LogP contribution in [0.4, 0.5) is 0 Å². The van der Waals surface area contributed by atoms with Gasteiger partial charge in [-0.2, -0.15) is 4.98 Å². The molecule has 0 N–H and O–H groups in total. The highest BCUT2D eigenvalue weighted by atomic mass is 35.5. The minimum Gasteiger partial charge on any atom is -0.309 e. The highest BCUT2D eigenvalue weighted by molar-refractivity contribution is 6.28. The maximum atomic E-state index is 6.28. The summed E-state index contributed by atoms with van der Waals surface area (Å²) in [6, 6.07) is 20.4. The molecule has 0 aliphatic rings. The fourth-order valence-corrected chi connectivity index (χ4v) is 3.54. The highest BCUT2D eigenvalue weighted by Crippen LogP contribution is 2.29. The zero-order chi connectivity index (χ0) is 20.9. The van der Waals surface area contributed by atoms with Crippen molar-refractivity contribution in [3.8, 4) is 16.9 Å². The maximum Gasteiger partial charge on any atom is 0.224 e. The van der Waals surface area contributed by atoms with Gasteiger partial charge in [-0.3, -0.25) is 4.99 Å². The molecule has 2 aromatic heterocycles. The Morgan fingerprint density at radius 2 is 1.77 bits per heavy atom. The lowest BCUT2D eigenvalue weighted by molar-refractivity contribution is 0.403. The van der Waals surface area contributed by atoms with Crippen LogP contribution in [0, 0.1) is 0 Å². The molecule has 2 heterocycles. The zero-order valence-corrected chi connectivity index (χ0v) is 17.9. The summed E-state index contributed by atoms with van der Waals surface area (Å²) in [7, 11) is 4.15. The van der Waals surface area contributed by atoms with Crippen LogP contribution < -0.4 is 0 Å². The molecule has 0 aliphatic carbocycles. The van der Waals surface area contributed by atoms with E-state index in [0.29, 0.717) is 0 Å². The fourth-order valence-electron chi connectivity index (χ4n) is 3.38. The van der Waals surface area contributed by atoms with Crippen molar-refractivity contribution in [2.24, 2.45) is 4.99 Å². The van der Waals surface area contributed by atoms with Crippen LogP contribution in [0.5, 0.6) is 0 Å². The molecular weight excluding hydrogens is 394 g/mol. The Morgan fingerprint density at radius 1 is 1.00 bits per heavy atom. The molecule has 0 aliphatic heterocycles. The molecule has 0 amide bonds. The van der Waals surface area contributed by atoms with E-state index in [1.807, 2.05) is 53.4 Å². The Bertz CT molecular complexity index is 1150. The van der Waals surface area contributed by atoms with Crippen molar-refractivity contribution < 1.29 is 0 Å². The van der Waals surface area contributed by atoms with Crippen molar-refractivity contribution in [1.29, 1.82) is 0 Å². The van der Waals surface area contributed by atoms with Crippen LogP contribution >= 0.6 is 11.6 Å². The number of para-hydroxylation sites is 1. The molecule has 5 nitrogen and oxygen atoms in total. The van der Waals surface area contributed by atoms with Gasteiger partial charge in [-0.25, -0.2) is 4.98 Å². The number of hydrogen-bond donors (Lipinski definition) is 0. The first kappa shape index (κ1) is 20.3. The SMILES string of the molecule is CN(C)CCCN=Cc1ccc(-c2nc(Cl)nc3c2ccn3-c2ccccc2)cc1. The molecule has 2 aromatic carbocycles. The van der Waals surface area contributed by atoms with Gasteiger partial charge in [0.2, 0.25) is 5.28 Å². The van der Waals surface area contributed by atoms with Crippen LogP contribution in [0.2, 0.25) is 5.28 Å². The second-order valence-corrected chi connectivity index (χ2v) is 7.75. The van der Waals surface area contributed by atoms with E-state index in [1.54, 1.807) is 0 Å². The van der Waals surface area contributed by atoms with E-state index in [4.69, 9.17) is 11.6 Å². The largest absolute Gasteiger partial charge is 0.309 e. The Labute approximate surface area is 181 Å². The summed E-state index contributed by atoms with van der Waals surface area (Å²) in [6.45, 7) is 1.87. The van der Waals surface area contributed by atoms with Crippen molar-refractivity contribution in [1.82, 2.24) is 19.4 Å². The van der Waals surface area contributed by atoms with Gasteiger partial charge in [-0.05, 0) is 62.4 Å². The lowest BCUT2D eigenvalue weighted by Gasteiger charge is -2.07. The van der Waals surface area contributed by atoms with Crippen molar-refractivity contribution in [3.05, 3.63) is 77.7 Å². The lowest BCUT2D eigenvalue weighted by Crippen LogP contribution is -2.13. The van der Waals surface area contributed by atoms with E-state index in [-0.39, 0.29) is 5.28 Å². The molecule has 0 saturated carbocycles. The van der Waals surface area contributed by atoms with Crippen LogP contribution in [0.1, 0.15) is 12.0 Å². The minimum atomic E-state index is 0.236. The number of rotatable bonds is 7. The monoisotopic (exact) mass is 417 g/mol. The van der Waals surface area contributed by atoms with E-state index in [1.165, 1.54) is 0 Å². The summed E-state index contributed by atoms with van der Waals surface area (Å²) < 4.78 is 2.03. The summed E-state index contributed by atoms with van der Waals surface area (Å²) in [6.07, 6.45) is 4.98. The molecule has 0 atom stereocenters. The van der Waals surface area contributed by atoms with E-state index in [2.05, 4.69) is 58.2 Å². The number of aliphatic imine (C=N–C) groups is 1. The van der Waals surface area contributed by atoms with Crippen molar-refractivity contribution in [2.75, 3.05) is 27.2 Å². The first-order chi connectivity index (χ1) is 14.6. The lowest BCUT2D eigenvalue weighted by atomic mass is 10.1. The number of aromatic nitrogens is 3. The van der Waals surface area contributed by atoms with Crippen LogP contribution in [-0.4, -0.2) is 52.8 Å². The van der Waals surface area contributed by atoms with Crippen LogP contribution in [0.25, 0.3) is 28.0 Å². The molecule has 0 unspecified atom stereocenters. The van der Waals surface area contributed by atoms with Gasteiger partial charge in [0.15, 0.2) is 0 Å². The minimum absolute atomic E-state index is 0.236. The van der Waals surface area contributed by atoms with Crippen molar-refractivity contribution >= 4 is 28.8 Å². The molecule has 4 aromatic rings. The third-order valence-electron chi connectivity index (χ3n) is 4.87. The van der Waals surface area contributed by atoms with Crippen molar-refractivity contribution in [2.45, 2.75) is 6.42 Å². The third-order valence-corrected chi connectivity index (χ3v) is 5.04. The standard InChI is InChI=1S/C24H24ClN5/c1-29(2)15-6-14-26-17-18-9-11-19(12-10-18)22-21-13-16-30(20-7-4-3-5-8-20)23(21)28-24(25)27-22/h3-5,7-13,16-17H,6,14-15H2,1-2H3. The number of halogens is 1. The van der Waals surface area contributed by atoms with Gasteiger partial charge in [0.1, 0.15) is 5.65 Å². The predicted molar refractivity (Wildman–Crippen MR) is 125 cm³/mol. The molecule has 152 valence electrons. The van der Waals surface area contributed by atoms with Gasteiger partial charge in [0.05, 0.1) is 5.69 Å². The molecule has 0 bridgehead atoms. The summed E-state index contributed by atoms with van der Waals surface area (Å²) in [5.74, 6) is 0. The Balaban J connectivity index is 1.60. The third kappa shape index (κ3) is 4.58. The molecule has 0 saturated heterocycles. The fraction of sp³-hybridized carbons (Fsp3) is 0.208. The summed E-state index contributed by atoms with van der Waals surface area (Å²) in [4.78, 5) is 15.7. The van der Waals surface area contributed by atoms with Crippen LogP contribution in [-0.2, 0) is 0 Å². The number of nitrogens with zero attached hydrogens (tertiary/aromatic N) is 5. The second kappa shape index (κ2) is 9.20. The van der Waals surface area contributed by atoms with Crippen LogP contribution in [0.15, 0.2) is 71.9 Å². The number of fused-ring (bicyclic) bond motifs is 1. The molecule has 6 heteroatoms. The molecule has 30 heavy (non-hydrogen) atoms. The first-order valence-electron chi connectivity index (χ1n) is 9.97. The second-order valence-electron chi connectivity index (χ2n) is 7.41. The Kier molecular flexibility index (Phi) is 6.21. The Hall–Kier alpha value is -3.02. The normalized spacial score (nSPS) is 11.7. The van der Waals surface area contributed by atoms with Crippen molar-refractivity contribution in [3.63, 3.8) is 0 Å². The molecule has 0 fully saturated rings. The summed E-state index contributed by atoms with van der Waals surface area (Å²) in [5.41, 5.74) is 4.73. The average Bonchev–Trinajstić information content (AvgIpc) is 3.17. The van der Waals surface area contributed by atoms with Gasteiger partial charge >= 0.3 is 0 Å². The predicted octanol–water partition coefficient (Wildman–Crippen LogP) is 5.11. The van der Waals surface area contributed by atoms with Gasteiger partial charge < -0.3 is 9.47 Å². The van der Waals surface area contributed by atoms with Gasteiger partial charge in [-0.1, -0.05) is 42.5 Å². The molecule has 0 radical (unpaired) electrons. The van der Waals surface area contributed by atoms with Gasteiger partial charge in [0, 0.05) is 35.6 Å². The summed E-state index contributed by atoms with van der Waals surface area (Å²) >= 11 is 6.28. The topological polar surface area (TPSA) is 46.3 Å². The smallest absolute Gasteiger partial charge is 0.224 e.